The van der Waals surface area contributed by atoms with Crippen LogP contribution in [0.4, 0.5) is 0 Å². The third-order valence-electron chi connectivity index (χ3n) is 3.47. The molecule has 2 heterocycles. The molecular formula is C12H21N3OS. The van der Waals surface area contributed by atoms with Crippen LogP contribution < -0.4 is 0 Å². The number of hydrogen-bond acceptors (Lipinski definition) is 4. The quantitative estimate of drug-likeness (QED) is 0.892. The molecule has 1 aromatic heterocycles. The molecule has 2 atom stereocenters. The summed E-state index contributed by atoms with van der Waals surface area (Å²) < 4.78 is 1.92. The van der Waals surface area contributed by atoms with Crippen LogP contribution in [0.3, 0.4) is 0 Å². The van der Waals surface area contributed by atoms with E-state index in [0.29, 0.717) is 6.42 Å². The first kappa shape index (κ1) is 12.9. The van der Waals surface area contributed by atoms with Gasteiger partial charge in [-0.15, -0.1) is 0 Å². The first-order valence-corrected chi connectivity index (χ1v) is 7.41. The van der Waals surface area contributed by atoms with Crippen LogP contribution in [0.1, 0.15) is 38.9 Å². The molecule has 2 unspecified atom stereocenters. The van der Waals surface area contributed by atoms with Crippen LogP contribution in [0.5, 0.6) is 0 Å². The highest BCUT2D eigenvalue weighted by molar-refractivity contribution is 8.00. The van der Waals surface area contributed by atoms with E-state index in [1.807, 2.05) is 16.4 Å². The summed E-state index contributed by atoms with van der Waals surface area (Å²) in [4.78, 5) is 4.29. The Kier molecular flexibility index (Phi) is 4.09. The maximum atomic E-state index is 10.7. The highest BCUT2D eigenvalue weighted by Crippen LogP contribution is 2.35. The molecule has 1 aliphatic heterocycles. The Labute approximate surface area is 107 Å². The summed E-state index contributed by atoms with van der Waals surface area (Å²) in [6, 6.07) is 0. The van der Waals surface area contributed by atoms with Crippen molar-refractivity contribution in [2.45, 2.75) is 56.9 Å². The molecule has 0 bridgehead atoms. The fourth-order valence-corrected chi connectivity index (χ4v) is 3.50. The molecule has 0 radical (unpaired) electrons. The van der Waals surface area contributed by atoms with Gasteiger partial charge in [0.2, 0.25) is 0 Å². The molecular weight excluding hydrogens is 234 g/mol. The Hall–Kier alpha value is -0.550. The zero-order valence-corrected chi connectivity index (χ0v) is 11.4. The van der Waals surface area contributed by atoms with Gasteiger partial charge in [-0.3, -0.25) is 4.68 Å². The lowest BCUT2D eigenvalue weighted by Crippen LogP contribution is -2.44. The molecule has 4 nitrogen and oxygen atoms in total. The third kappa shape index (κ3) is 2.83. The molecule has 2 rings (SSSR count). The molecule has 1 fully saturated rings. The zero-order chi connectivity index (χ0) is 12.3. The van der Waals surface area contributed by atoms with Crippen LogP contribution >= 0.6 is 11.8 Å². The van der Waals surface area contributed by atoms with Gasteiger partial charge in [0, 0.05) is 18.2 Å². The van der Waals surface area contributed by atoms with Crippen molar-refractivity contribution in [3.8, 4) is 0 Å². The summed E-state index contributed by atoms with van der Waals surface area (Å²) in [6.45, 7) is 5.12. The predicted molar refractivity (Wildman–Crippen MR) is 70.1 cm³/mol. The summed E-state index contributed by atoms with van der Waals surface area (Å²) in [5.41, 5.74) is -0.610. The molecule has 1 N–H and O–H groups in total. The Bertz CT molecular complexity index is 368. The number of thioether (sulfide) groups is 1. The van der Waals surface area contributed by atoms with Gasteiger partial charge in [-0.25, -0.2) is 4.98 Å². The van der Waals surface area contributed by atoms with E-state index in [9.17, 15) is 5.11 Å². The van der Waals surface area contributed by atoms with Crippen molar-refractivity contribution in [1.82, 2.24) is 14.8 Å². The maximum absolute atomic E-state index is 10.7. The largest absolute Gasteiger partial charge is 0.388 e. The second kappa shape index (κ2) is 5.40. The lowest BCUT2D eigenvalue weighted by atomic mass is 9.90. The summed E-state index contributed by atoms with van der Waals surface area (Å²) in [7, 11) is 0. The molecule has 0 spiro atoms. The van der Waals surface area contributed by atoms with Gasteiger partial charge >= 0.3 is 0 Å². The monoisotopic (exact) mass is 255 g/mol. The van der Waals surface area contributed by atoms with E-state index in [4.69, 9.17) is 0 Å². The maximum Gasteiger partial charge on any atom is 0.138 e. The van der Waals surface area contributed by atoms with E-state index in [2.05, 4.69) is 23.9 Å². The van der Waals surface area contributed by atoms with Crippen molar-refractivity contribution in [2.75, 3.05) is 5.75 Å². The Morgan fingerprint density at radius 3 is 3.18 bits per heavy atom. The number of aliphatic hydroxyl groups is 1. The summed E-state index contributed by atoms with van der Waals surface area (Å²) in [6.07, 6.45) is 5.23. The van der Waals surface area contributed by atoms with Crippen LogP contribution in [-0.4, -0.2) is 36.5 Å². The second-order valence-electron chi connectivity index (χ2n) is 4.80. The van der Waals surface area contributed by atoms with Gasteiger partial charge in [0.15, 0.2) is 0 Å². The third-order valence-corrected chi connectivity index (χ3v) is 4.94. The molecule has 96 valence electrons. The number of hydrogen-bond donors (Lipinski definition) is 1. The molecule has 0 saturated carbocycles. The van der Waals surface area contributed by atoms with Crippen molar-refractivity contribution < 1.29 is 5.11 Å². The van der Waals surface area contributed by atoms with Crippen molar-refractivity contribution in [3.05, 3.63) is 12.2 Å². The zero-order valence-electron chi connectivity index (χ0n) is 10.6. The molecule has 5 heteroatoms. The van der Waals surface area contributed by atoms with Crippen LogP contribution in [0.25, 0.3) is 0 Å². The van der Waals surface area contributed by atoms with Gasteiger partial charge in [0.25, 0.3) is 0 Å². The first-order valence-electron chi connectivity index (χ1n) is 6.36. The molecule has 1 saturated heterocycles. The van der Waals surface area contributed by atoms with Crippen LogP contribution in [-0.2, 0) is 13.0 Å². The number of rotatable bonds is 4. The lowest BCUT2D eigenvalue weighted by Gasteiger charge is -2.37. The minimum Gasteiger partial charge on any atom is -0.388 e. The summed E-state index contributed by atoms with van der Waals surface area (Å²) in [5, 5.41) is 15.2. The van der Waals surface area contributed by atoms with Crippen LogP contribution in [0, 0.1) is 0 Å². The Morgan fingerprint density at radius 2 is 2.47 bits per heavy atom. The molecule has 0 aromatic carbocycles. The van der Waals surface area contributed by atoms with Gasteiger partial charge in [-0.2, -0.15) is 16.9 Å². The topological polar surface area (TPSA) is 50.9 Å². The normalized spacial score (nSPS) is 29.5. The number of nitrogens with zero attached hydrogens (tertiary/aromatic N) is 3. The molecule has 0 amide bonds. The molecule has 0 aliphatic carbocycles. The van der Waals surface area contributed by atoms with Gasteiger partial charge in [0.1, 0.15) is 12.2 Å². The fourth-order valence-electron chi connectivity index (χ4n) is 2.33. The minimum absolute atomic E-state index is 0.281. The average Bonchev–Trinajstić information content (AvgIpc) is 2.71. The summed E-state index contributed by atoms with van der Waals surface area (Å²) in [5.74, 6) is 2.08. The molecule has 17 heavy (non-hydrogen) atoms. The van der Waals surface area contributed by atoms with E-state index in [-0.39, 0.29) is 5.25 Å². The van der Waals surface area contributed by atoms with E-state index < -0.39 is 5.60 Å². The smallest absolute Gasteiger partial charge is 0.138 e. The summed E-state index contributed by atoms with van der Waals surface area (Å²) >= 11 is 1.86. The number of aryl methyl sites for hydroxylation is 1. The van der Waals surface area contributed by atoms with E-state index in [0.717, 1.165) is 37.4 Å². The highest BCUT2D eigenvalue weighted by atomic mass is 32.2. The minimum atomic E-state index is -0.610. The van der Waals surface area contributed by atoms with Crippen molar-refractivity contribution in [3.63, 3.8) is 0 Å². The van der Waals surface area contributed by atoms with Gasteiger partial charge in [0.05, 0.1) is 5.60 Å². The van der Waals surface area contributed by atoms with E-state index in [1.165, 1.54) is 0 Å². The standard InChI is InChI=1S/C12H21N3OS/c1-3-6-15-11(13-9-14-15)8-12(16)5-4-7-17-10(12)2/h9-10,16H,3-8H2,1-2H3. The fraction of sp³-hybridized carbons (Fsp3) is 0.833. The van der Waals surface area contributed by atoms with Crippen molar-refractivity contribution in [2.24, 2.45) is 0 Å². The Morgan fingerprint density at radius 1 is 1.65 bits per heavy atom. The van der Waals surface area contributed by atoms with Crippen molar-refractivity contribution in [1.29, 1.82) is 0 Å². The SMILES string of the molecule is CCCn1ncnc1CC1(O)CCCSC1C. The van der Waals surface area contributed by atoms with Crippen molar-refractivity contribution >= 4 is 11.8 Å². The second-order valence-corrected chi connectivity index (χ2v) is 6.25. The van der Waals surface area contributed by atoms with Gasteiger partial charge in [-0.1, -0.05) is 13.8 Å². The lowest BCUT2D eigenvalue weighted by molar-refractivity contribution is 0.0268. The molecule has 1 aliphatic rings. The molecule has 1 aromatic rings. The van der Waals surface area contributed by atoms with Gasteiger partial charge in [-0.05, 0) is 25.0 Å². The van der Waals surface area contributed by atoms with E-state index in [1.54, 1.807) is 6.33 Å². The highest BCUT2D eigenvalue weighted by Gasteiger charge is 2.37. The van der Waals surface area contributed by atoms with Crippen LogP contribution in [0.2, 0.25) is 0 Å². The van der Waals surface area contributed by atoms with Gasteiger partial charge < -0.3 is 5.11 Å². The predicted octanol–water partition coefficient (Wildman–Crippen LogP) is 1.88. The Balaban J connectivity index is 2.10. The average molecular weight is 255 g/mol. The van der Waals surface area contributed by atoms with Crippen LogP contribution in [0.15, 0.2) is 6.33 Å². The first-order chi connectivity index (χ1) is 8.15. The van der Waals surface area contributed by atoms with E-state index >= 15 is 0 Å². The number of aromatic nitrogens is 3.